The second kappa shape index (κ2) is 4.07. The fraction of sp³-hybridized carbons (Fsp3) is 0.583. The van der Waals surface area contributed by atoms with Gasteiger partial charge in [-0.15, -0.1) is 10.2 Å². The Kier molecular flexibility index (Phi) is 2.87. The maximum atomic E-state index is 6.16. The zero-order valence-corrected chi connectivity index (χ0v) is 10.8. The number of nitrogens with zero attached hydrogens (tertiary/aromatic N) is 4. The van der Waals surface area contributed by atoms with Crippen molar-refractivity contribution in [2.24, 2.45) is 11.1 Å². The molecule has 0 fully saturated rings. The van der Waals surface area contributed by atoms with Crippen LogP contribution in [0.15, 0.2) is 12.1 Å². The molecule has 0 aromatic carbocycles. The molecule has 0 spiro atoms. The minimum absolute atomic E-state index is 0.0391. The molecule has 2 rings (SSSR count). The lowest BCUT2D eigenvalue weighted by Crippen LogP contribution is -2.37. The van der Waals surface area contributed by atoms with Gasteiger partial charge in [-0.05, 0) is 24.5 Å². The lowest BCUT2D eigenvalue weighted by atomic mass is 9.85. The third-order valence-corrected chi connectivity index (χ3v) is 2.98. The molecule has 0 saturated carbocycles. The van der Waals surface area contributed by atoms with E-state index in [0.717, 1.165) is 17.2 Å². The molecule has 2 aromatic rings. The standard InChI is InChI=1S/C12H19N5/c1-8-5-6-10-14-15-11(17(10)16-8)7-9(13)12(2,3)4/h5-6,9H,7,13H2,1-4H3. The first-order valence-electron chi connectivity index (χ1n) is 5.81. The van der Waals surface area contributed by atoms with E-state index in [4.69, 9.17) is 5.73 Å². The third kappa shape index (κ3) is 2.44. The lowest BCUT2D eigenvalue weighted by Gasteiger charge is -2.26. The summed E-state index contributed by atoms with van der Waals surface area (Å²) in [5.41, 5.74) is 7.93. The molecule has 0 bridgehead atoms. The van der Waals surface area contributed by atoms with Gasteiger partial charge in [0, 0.05) is 12.5 Å². The number of aryl methyl sites for hydroxylation is 1. The van der Waals surface area contributed by atoms with Crippen LogP contribution in [0.4, 0.5) is 0 Å². The molecule has 0 radical (unpaired) electrons. The fourth-order valence-corrected chi connectivity index (χ4v) is 1.56. The number of fused-ring (bicyclic) bond motifs is 1. The maximum absolute atomic E-state index is 6.16. The average molecular weight is 233 g/mol. The van der Waals surface area contributed by atoms with Gasteiger partial charge in [-0.25, -0.2) is 0 Å². The molecule has 5 heteroatoms. The van der Waals surface area contributed by atoms with E-state index in [1.807, 2.05) is 19.1 Å². The molecule has 2 aromatic heterocycles. The van der Waals surface area contributed by atoms with Gasteiger partial charge in [0.25, 0.3) is 0 Å². The Bertz CT molecular complexity index is 523. The van der Waals surface area contributed by atoms with Crippen LogP contribution in [0.5, 0.6) is 0 Å². The van der Waals surface area contributed by atoms with E-state index in [-0.39, 0.29) is 11.5 Å². The topological polar surface area (TPSA) is 69.1 Å². The largest absolute Gasteiger partial charge is 0.327 e. The van der Waals surface area contributed by atoms with Gasteiger partial charge >= 0.3 is 0 Å². The van der Waals surface area contributed by atoms with Gasteiger partial charge in [-0.3, -0.25) is 0 Å². The van der Waals surface area contributed by atoms with Crippen LogP contribution in [0.25, 0.3) is 5.65 Å². The Morgan fingerprint density at radius 1 is 1.29 bits per heavy atom. The van der Waals surface area contributed by atoms with Crippen molar-refractivity contribution in [3.63, 3.8) is 0 Å². The second-order valence-electron chi connectivity index (χ2n) is 5.54. The van der Waals surface area contributed by atoms with Crippen molar-refractivity contribution in [1.29, 1.82) is 0 Å². The Labute approximate surface area is 101 Å². The zero-order valence-electron chi connectivity index (χ0n) is 10.8. The van der Waals surface area contributed by atoms with Gasteiger partial charge in [0.05, 0.1) is 5.69 Å². The van der Waals surface area contributed by atoms with Crippen LogP contribution >= 0.6 is 0 Å². The molecule has 0 saturated heterocycles. The molecule has 92 valence electrons. The molecular weight excluding hydrogens is 214 g/mol. The molecule has 0 aliphatic rings. The monoisotopic (exact) mass is 233 g/mol. The molecule has 2 heterocycles. The summed E-state index contributed by atoms with van der Waals surface area (Å²) in [5, 5.41) is 12.7. The van der Waals surface area contributed by atoms with Crippen LogP contribution in [0.2, 0.25) is 0 Å². The van der Waals surface area contributed by atoms with Gasteiger partial charge in [-0.2, -0.15) is 9.61 Å². The van der Waals surface area contributed by atoms with Crippen molar-refractivity contribution in [1.82, 2.24) is 19.8 Å². The van der Waals surface area contributed by atoms with Gasteiger partial charge < -0.3 is 5.73 Å². The molecule has 1 unspecified atom stereocenters. The molecule has 5 nitrogen and oxygen atoms in total. The van der Waals surface area contributed by atoms with Crippen LogP contribution in [0.1, 0.15) is 32.3 Å². The lowest BCUT2D eigenvalue weighted by molar-refractivity contribution is 0.313. The Hall–Kier alpha value is -1.49. The second-order valence-corrected chi connectivity index (χ2v) is 5.54. The van der Waals surface area contributed by atoms with E-state index in [2.05, 4.69) is 36.1 Å². The van der Waals surface area contributed by atoms with Crippen LogP contribution in [0, 0.1) is 12.3 Å². The van der Waals surface area contributed by atoms with E-state index < -0.39 is 0 Å². The Morgan fingerprint density at radius 2 is 2.00 bits per heavy atom. The molecule has 2 N–H and O–H groups in total. The smallest absolute Gasteiger partial charge is 0.177 e. The number of rotatable bonds is 2. The van der Waals surface area contributed by atoms with Crippen LogP contribution in [0.3, 0.4) is 0 Å². The third-order valence-electron chi connectivity index (χ3n) is 2.98. The van der Waals surface area contributed by atoms with Crippen molar-refractivity contribution in [3.8, 4) is 0 Å². The van der Waals surface area contributed by atoms with Gasteiger partial charge in [0.15, 0.2) is 11.5 Å². The van der Waals surface area contributed by atoms with Crippen molar-refractivity contribution < 1.29 is 0 Å². The first-order valence-corrected chi connectivity index (χ1v) is 5.81. The summed E-state index contributed by atoms with van der Waals surface area (Å²) < 4.78 is 1.78. The summed E-state index contributed by atoms with van der Waals surface area (Å²) in [7, 11) is 0. The Balaban J connectivity index is 2.33. The predicted molar refractivity (Wildman–Crippen MR) is 66.7 cm³/mol. The first kappa shape index (κ1) is 12.0. The van der Waals surface area contributed by atoms with Crippen molar-refractivity contribution in [3.05, 3.63) is 23.7 Å². The predicted octanol–water partition coefficient (Wildman–Crippen LogP) is 1.35. The number of hydrogen-bond acceptors (Lipinski definition) is 4. The van der Waals surface area contributed by atoms with Crippen LogP contribution in [-0.2, 0) is 6.42 Å². The summed E-state index contributed by atoms with van der Waals surface area (Å²) in [4.78, 5) is 0. The van der Waals surface area contributed by atoms with Gasteiger partial charge in [0.2, 0.25) is 0 Å². The maximum Gasteiger partial charge on any atom is 0.177 e. The minimum atomic E-state index is 0.0391. The molecule has 1 atom stereocenters. The van der Waals surface area contributed by atoms with Crippen molar-refractivity contribution >= 4 is 5.65 Å². The molecule has 0 aliphatic heterocycles. The zero-order chi connectivity index (χ0) is 12.6. The first-order chi connectivity index (χ1) is 7.88. The highest BCUT2D eigenvalue weighted by Gasteiger charge is 2.23. The van der Waals surface area contributed by atoms with Crippen LogP contribution in [-0.4, -0.2) is 25.9 Å². The molecule has 17 heavy (non-hydrogen) atoms. The van der Waals surface area contributed by atoms with Crippen molar-refractivity contribution in [2.45, 2.75) is 40.2 Å². The van der Waals surface area contributed by atoms with Gasteiger partial charge in [-0.1, -0.05) is 20.8 Å². The van der Waals surface area contributed by atoms with E-state index in [1.54, 1.807) is 4.52 Å². The summed E-state index contributed by atoms with van der Waals surface area (Å²) in [6.07, 6.45) is 0.682. The number of hydrogen-bond donors (Lipinski definition) is 1. The van der Waals surface area contributed by atoms with Crippen LogP contribution < -0.4 is 5.73 Å². The molecule has 0 aliphatic carbocycles. The normalized spacial score (nSPS) is 14.2. The van der Waals surface area contributed by atoms with E-state index in [1.165, 1.54) is 0 Å². The highest BCUT2D eigenvalue weighted by atomic mass is 15.4. The molecule has 0 amide bonds. The summed E-state index contributed by atoms with van der Waals surface area (Å²) in [6.45, 7) is 8.33. The fourth-order valence-electron chi connectivity index (χ4n) is 1.56. The summed E-state index contributed by atoms with van der Waals surface area (Å²) in [5.74, 6) is 0.825. The van der Waals surface area contributed by atoms with E-state index in [9.17, 15) is 0 Å². The van der Waals surface area contributed by atoms with Crippen molar-refractivity contribution in [2.75, 3.05) is 0 Å². The highest BCUT2D eigenvalue weighted by molar-refractivity contribution is 5.36. The quantitative estimate of drug-likeness (QED) is 0.850. The van der Waals surface area contributed by atoms with E-state index >= 15 is 0 Å². The SMILES string of the molecule is Cc1ccc2nnc(CC(N)C(C)(C)C)n2n1. The van der Waals surface area contributed by atoms with E-state index in [0.29, 0.717) is 6.42 Å². The summed E-state index contributed by atoms with van der Waals surface area (Å²) in [6, 6.07) is 3.89. The highest BCUT2D eigenvalue weighted by Crippen LogP contribution is 2.20. The minimum Gasteiger partial charge on any atom is -0.327 e. The number of aromatic nitrogens is 4. The number of nitrogens with two attached hydrogens (primary N) is 1. The molecular formula is C12H19N5. The van der Waals surface area contributed by atoms with Gasteiger partial charge in [0.1, 0.15) is 0 Å². The average Bonchev–Trinajstić information content (AvgIpc) is 2.60. The Morgan fingerprint density at radius 3 is 2.65 bits per heavy atom. The summed E-state index contributed by atoms with van der Waals surface area (Å²) >= 11 is 0.